The lowest BCUT2D eigenvalue weighted by molar-refractivity contribution is -0.297. The maximum Gasteiger partial charge on any atom is 0.306 e. The first-order valence-electron chi connectivity index (χ1n) is 21.8. The number of aliphatic hydroxyl groups excluding tert-OH is 3. The monoisotopic (exact) mass is 862 g/mol. The molecule has 0 aromatic carbocycles. The summed E-state index contributed by atoms with van der Waals surface area (Å²) in [7, 11) is -4.62. The van der Waals surface area contributed by atoms with Crippen molar-refractivity contribution in [3.8, 4) is 0 Å². The van der Waals surface area contributed by atoms with Crippen LogP contribution >= 0.6 is 0 Å². The minimum atomic E-state index is -4.62. The van der Waals surface area contributed by atoms with Crippen molar-refractivity contribution in [1.82, 2.24) is 0 Å². The van der Waals surface area contributed by atoms with E-state index in [1.807, 2.05) is 18.2 Å². The van der Waals surface area contributed by atoms with Crippen molar-refractivity contribution < 1.29 is 56.8 Å². The summed E-state index contributed by atoms with van der Waals surface area (Å²) in [6.07, 6.45) is 39.0. The van der Waals surface area contributed by atoms with Gasteiger partial charge >= 0.3 is 11.9 Å². The number of hydrogen-bond acceptors (Lipinski definition) is 11. The number of carbonyl (C=O) groups excluding carboxylic acids is 2. The predicted octanol–water partition coefficient (Wildman–Crippen LogP) is 8.66. The number of carbonyl (C=O) groups is 2. The molecule has 4 N–H and O–H groups in total. The minimum absolute atomic E-state index is 0.0883. The van der Waals surface area contributed by atoms with Gasteiger partial charge in [-0.2, -0.15) is 8.42 Å². The van der Waals surface area contributed by atoms with E-state index in [2.05, 4.69) is 92.8 Å². The Kier molecular flexibility index (Phi) is 33.0. The van der Waals surface area contributed by atoms with Gasteiger partial charge in [0.25, 0.3) is 10.1 Å². The van der Waals surface area contributed by atoms with Crippen LogP contribution in [-0.4, -0.2) is 96.0 Å². The fourth-order valence-corrected chi connectivity index (χ4v) is 6.55. The number of aliphatic hydroxyl groups is 3. The van der Waals surface area contributed by atoms with Crippen molar-refractivity contribution in [2.75, 3.05) is 19.0 Å². The molecule has 0 aromatic rings. The molecule has 6 atom stereocenters. The highest BCUT2D eigenvalue weighted by molar-refractivity contribution is 7.85. The van der Waals surface area contributed by atoms with Crippen LogP contribution in [0.25, 0.3) is 0 Å². The summed E-state index contributed by atoms with van der Waals surface area (Å²) >= 11 is 0. The van der Waals surface area contributed by atoms with Crippen LogP contribution in [0.2, 0.25) is 0 Å². The minimum Gasteiger partial charge on any atom is -0.462 e. The third-order valence-electron chi connectivity index (χ3n) is 9.17. The second-order valence-electron chi connectivity index (χ2n) is 14.6. The molecule has 1 saturated heterocycles. The Morgan fingerprint density at radius 3 is 1.55 bits per heavy atom. The molecule has 1 aliphatic rings. The maximum absolute atomic E-state index is 12.8. The summed E-state index contributed by atoms with van der Waals surface area (Å²) < 4.78 is 53.9. The highest BCUT2D eigenvalue weighted by Crippen LogP contribution is 2.24. The first-order valence-corrected chi connectivity index (χ1v) is 23.4. The zero-order chi connectivity index (χ0) is 44.1. The van der Waals surface area contributed by atoms with Crippen LogP contribution < -0.4 is 0 Å². The van der Waals surface area contributed by atoms with Crippen LogP contribution in [0.1, 0.15) is 129 Å². The lowest BCUT2D eigenvalue weighted by Crippen LogP contribution is -2.60. The van der Waals surface area contributed by atoms with Gasteiger partial charge in [-0.25, -0.2) is 0 Å². The average molecular weight is 863 g/mol. The van der Waals surface area contributed by atoms with Crippen LogP contribution in [0, 0.1) is 0 Å². The first kappa shape index (κ1) is 54.6. The van der Waals surface area contributed by atoms with E-state index in [1.54, 1.807) is 0 Å². The summed E-state index contributed by atoms with van der Waals surface area (Å²) in [5.74, 6) is -2.12. The van der Waals surface area contributed by atoms with Crippen LogP contribution in [-0.2, 0) is 38.7 Å². The molecule has 0 aromatic heterocycles. The van der Waals surface area contributed by atoms with E-state index in [0.29, 0.717) is 12.8 Å². The van der Waals surface area contributed by atoms with Crippen LogP contribution in [0.15, 0.2) is 97.2 Å². The molecule has 340 valence electrons. The fraction of sp³-hybridized carbons (Fsp3) is 0.617. The number of unbranched alkanes of at least 4 members (excludes halogenated alkanes) is 6. The Morgan fingerprint density at radius 2 is 1.03 bits per heavy atom. The molecule has 1 fully saturated rings. The Bertz CT molecular complexity index is 1480. The summed E-state index contributed by atoms with van der Waals surface area (Å²) in [6, 6.07) is 0. The molecular weight excluding hydrogens is 789 g/mol. The average Bonchev–Trinajstić information content (AvgIpc) is 3.21. The highest BCUT2D eigenvalue weighted by Gasteiger charge is 2.46. The van der Waals surface area contributed by atoms with Crippen LogP contribution in [0.4, 0.5) is 0 Å². The van der Waals surface area contributed by atoms with Gasteiger partial charge in [0.05, 0.1) is 6.61 Å². The van der Waals surface area contributed by atoms with E-state index in [9.17, 15) is 37.9 Å². The molecule has 0 spiro atoms. The highest BCUT2D eigenvalue weighted by atomic mass is 32.2. The normalized spacial score (nSPS) is 21.1. The summed E-state index contributed by atoms with van der Waals surface area (Å²) in [6.45, 7) is 3.43. The smallest absolute Gasteiger partial charge is 0.306 e. The molecule has 0 bridgehead atoms. The molecule has 12 nitrogen and oxygen atoms in total. The SMILES string of the molecule is CC/C=C\C/C=C\C/C=C\C/C=C\CCCCCCCCC(=O)OC(COC(=O)CC/C=C\C/C=C\C/C=C\C/C=C\CC)COC1OC(CS(=O)(=O)O)C(O)C(O)C1O. The largest absolute Gasteiger partial charge is 0.462 e. The molecule has 6 unspecified atom stereocenters. The van der Waals surface area contributed by atoms with E-state index in [1.165, 1.54) is 0 Å². The van der Waals surface area contributed by atoms with E-state index < -0.39 is 71.2 Å². The van der Waals surface area contributed by atoms with Gasteiger partial charge in [0.2, 0.25) is 0 Å². The Morgan fingerprint density at radius 1 is 0.567 bits per heavy atom. The molecule has 0 radical (unpaired) electrons. The van der Waals surface area contributed by atoms with E-state index in [-0.39, 0.29) is 19.4 Å². The van der Waals surface area contributed by atoms with Gasteiger partial charge in [-0.3, -0.25) is 14.1 Å². The standard InChI is InChI=1S/C47H74O12S/c1-3-5-7-9-11-13-15-17-18-19-20-21-22-24-26-28-30-32-34-36-43(49)58-40(38-57-47-46(52)45(51)44(50)41(59-47)39-60(53,54)55)37-56-42(48)35-33-31-29-27-25-23-16-14-12-10-8-6-4-2/h5-8,11-14,17-18,20-21,23,25,29,31,40-41,44-47,50-52H,3-4,9-10,15-16,19,22,24,26-28,30,32-39H2,1-2H3,(H,53,54,55)/b7-5-,8-6-,13-11-,14-12-,18-17-,21-20-,25-23-,31-29-. The Labute approximate surface area is 360 Å². The maximum atomic E-state index is 12.8. The zero-order valence-corrected chi connectivity index (χ0v) is 36.8. The molecule has 0 amide bonds. The van der Waals surface area contributed by atoms with Crippen molar-refractivity contribution in [3.05, 3.63) is 97.2 Å². The molecule has 13 heteroatoms. The van der Waals surface area contributed by atoms with Gasteiger partial charge < -0.3 is 34.3 Å². The van der Waals surface area contributed by atoms with Crippen molar-refractivity contribution in [3.63, 3.8) is 0 Å². The van der Waals surface area contributed by atoms with Crippen molar-refractivity contribution in [2.24, 2.45) is 0 Å². The molecule has 1 rings (SSSR count). The van der Waals surface area contributed by atoms with Gasteiger partial charge in [-0.1, -0.05) is 137 Å². The van der Waals surface area contributed by atoms with Crippen molar-refractivity contribution >= 4 is 22.1 Å². The second kappa shape index (κ2) is 36.2. The Hall–Kier alpha value is -3.43. The lowest BCUT2D eigenvalue weighted by atomic mass is 10.00. The lowest BCUT2D eigenvalue weighted by Gasteiger charge is -2.40. The molecule has 60 heavy (non-hydrogen) atoms. The Balaban J connectivity index is 2.51. The van der Waals surface area contributed by atoms with Crippen LogP contribution in [0.3, 0.4) is 0 Å². The summed E-state index contributed by atoms with van der Waals surface area (Å²) in [5, 5.41) is 30.8. The number of allylic oxidation sites excluding steroid dienone is 16. The van der Waals surface area contributed by atoms with Crippen molar-refractivity contribution in [1.29, 1.82) is 0 Å². The summed E-state index contributed by atoms with van der Waals surface area (Å²) in [5.41, 5.74) is 0. The third kappa shape index (κ3) is 30.6. The number of ether oxygens (including phenoxy) is 4. The van der Waals surface area contributed by atoms with E-state index in [4.69, 9.17) is 18.9 Å². The predicted molar refractivity (Wildman–Crippen MR) is 237 cm³/mol. The fourth-order valence-electron chi connectivity index (χ4n) is 5.86. The number of rotatable bonds is 34. The molecule has 1 aliphatic heterocycles. The van der Waals surface area contributed by atoms with Gasteiger partial charge in [0.1, 0.15) is 36.8 Å². The molecular formula is C47H74O12S. The van der Waals surface area contributed by atoms with Crippen molar-refractivity contribution in [2.45, 2.75) is 166 Å². The van der Waals surface area contributed by atoms with E-state index in [0.717, 1.165) is 89.9 Å². The molecule has 0 aliphatic carbocycles. The van der Waals surface area contributed by atoms with Gasteiger partial charge in [-0.15, -0.1) is 0 Å². The summed E-state index contributed by atoms with van der Waals surface area (Å²) in [4.78, 5) is 25.3. The molecule has 0 saturated carbocycles. The van der Waals surface area contributed by atoms with Gasteiger partial charge in [0, 0.05) is 12.8 Å². The second-order valence-corrected chi connectivity index (χ2v) is 16.1. The van der Waals surface area contributed by atoms with E-state index >= 15 is 0 Å². The number of hydrogen-bond donors (Lipinski definition) is 4. The van der Waals surface area contributed by atoms with Crippen LogP contribution in [0.5, 0.6) is 0 Å². The number of esters is 2. The third-order valence-corrected chi connectivity index (χ3v) is 9.92. The van der Waals surface area contributed by atoms with Gasteiger partial charge in [0.15, 0.2) is 12.4 Å². The quantitative estimate of drug-likeness (QED) is 0.0209. The first-order chi connectivity index (χ1) is 29.0. The van der Waals surface area contributed by atoms with Gasteiger partial charge in [-0.05, 0) is 77.0 Å². The zero-order valence-electron chi connectivity index (χ0n) is 36.0. The molecule has 1 heterocycles. The topological polar surface area (TPSA) is 186 Å².